The summed E-state index contributed by atoms with van der Waals surface area (Å²) in [6.45, 7) is -1.33. The predicted octanol–water partition coefficient (Wildman–Crippen LogP) is 1.55. The van der Waals surface area contributed by atoms with E-state index >= 15 is 0 Å². The van der Waals surface area contributed by atoms with Crippen molar-refractivity contribution in [2.75, 3.05) is 13.2 Å². The van der Waals surface area contributed by atoms with Crippen LogP contribution in [-0.2, 0) is 10.3 Å². The van der Waals surface area contributed by atoms with Crippen molar-refractivity contribution in [2.45, 2.75) is 17.8 Å². The van der Waals surface area contributed by atoms with Gasteiger partial charge in [-0.15, -0.1) is 0 Å². The lowest BCUT2D eigenvalue weighted by Gasteiger charge is -2.31. The number of rotatable bonds is 2. The molecule has 1 aromatic rings. The van der Waals surface area contributed by atoms with Crippen LogP contribution in [-0.4, -0.2) is 30.6 Å². The lowest BCUT2D eigenvalue weighted by Crippen LogP contribution is -2.50. The van der Waals surface area contributed by atoms with Crippen LogP contribution in [0.1, 0.15) is 5.56 Å². The fraction of sp³-hybridized carbons (Fsp3) is 0.500. The molecule has 1 aliphatic heterocycles. The van der Waals surface area contributed by atoms with Gasteiger partial charge >= 0.3 is 6.18 Å². The summed E-state index contributed by atoms with van der Waals surface area (Å²) in [7, 11) is 0. The van der Waals surface area contributed by atoms with Gasteiger partial charge in [-0.1, -0.05) is 18.2 Å². The SMILES string of the molecule is N[C@]1(c2ccccc2F)CO[C@@H](C(F)(F)F)C1CO. The highest BCUT2D eigenvalue weighted by molar-refractivity contribution is 5.29. The molecule has 1 aromatic carbocycles. The van der Waals surface area contributed by atoms with Crippen LogP contribution in [0.2, 0.25) is 0 Å². The number of halogens is 4. The van der Waals surface area contributed by atoms with Gasteiger partial charge in [-0.25, -0.2) is 4.39 Å². The van der Waals surface area contributed by atoms with E-state index in [2.05, 4.69) is 4.74 Å². The van der Waals surface area contributed by atoms with Gasteiger partial charge in [0.2, 0.25) is 0 Å². The van der Waals surface area contributed by atoms with Gasteiger partial charge in [0.15, 0.2) is 6.10 Å². The normalized spacial score (nSPS) is 31.7. The molecule has 1 heterocycles. The Morgan fingerprint density at radius 3 is 2.53 bits per heavy atom. The second-order valence-electron chi connectivity index (χ2n) is 4.58. The van der Waals surface area contributed by atoms with Crippen LogP contribution in [0.25, 0.3) is 0 Å². The molecule has 0 aliphatic carbocycles. The number of ether oxygens (including phenoxy) is 1. The Hall–Kier alpha value is -1.18. The summed E-state index contributed by atoms with van der Waals surface area (Å²) in [6.07, 6.45) is -6.85. The maximum atomic E-state index is 13.7. The van der Waals surface area contributed by atoms with Crippen molar-refractivity contribution in [2.24, 2.45) is 11.7 Å². The highest BCUT2D eigenvalue weighted by atomic mass is 19.4. The Bertz CT molecular complexity index is 465. The molecule has 1 saturated heterocycles. The minimum absolute atomic E-state index is 0.0826. The molecule has 0 amide bonds. The van der Waals surface area contributed by atoms with Crippen LogP contribution in [0.3, 0.4) is 0 Å². The molecule has 0 aromatic heterocycles. The van der Waals surface area contributed by atoms with Crippen molar-refractivity contribution in [1.82, 2.24) is 0 Å². The largest absolute Gasteiger partial charge is 0.415 e. The molecule has 3 nitrogen and oxygen atoms in total. The van der Waals surface area contributed by atoms with Crippen molar-refractivity contribution in [1.29, 1.82) is 0 Å². The van der Waals surface area contributed by atoms with E-state index in [1.807, 2.05) is 0 Å². The van der Waals surface area contributed by atoms with Crippen LogP contribution in [0.15, 0.2) is 24.3 Å². The van der Waals surface area contributed by atoms with Gasteiger partial charge in [-0.2, -0.15) is 13.2 Å². The second-order valence-corrected chi connectivity index (χ2v) is 4.58. The lowest BCUT2D eigenvalue weighted by molar-refractivity contribution is -0.219. The van der Waals surface area contributed by atoms with Crippen molar-refractivity contribution in [3.05, 3.63) is 35.6 Å². The van der Waals surface area contributed by atoms with E-state index in [-0.39, 0.29) is 5.56 Å². The summed E-state index contributed by atoms with van der Waals surface area (Å²) in [5.41, 5.74) is 4.12. The minimum atomic E-state index is -4.65. The fourth-order valence-corrected chi connectivity index (χ4v) is 2.42. The molecule has 1 aliphatic rings. The number of aliphatic hydroxyl groups is 1. The number of hydrogen-bond acceptors (Lipinski definition) is 3. The van der Waals surface area contributed by atoms with E-state index in [1.54, 1.807) is 0 Å². The Morgan fingerprint density at radius 2 is 2.00 bits per heavy atom. The molecule has 106 valence electrons. The third-order valence-corrected chi connectivity index (χ3v) is 3.42. The molecule has 0 spiro atoms. The van der Waals surface area contributed by atoms with E-state index in [4.69, 9.17) is 5.73 Å². The van der Waals surface area contributed by atoms with Crippen molar-refractivity contribution in [3.63, 3.8) is 0 Å². The molecule has 3 N–H and O–H groups in total. The molecule has 2 rings (SSSR count). The zero-order valence-electron chi connectivity index (χ0n) is 9.82. The Balaban J connectivity index is 2.42. The van der Waals surface area contributed by atoms with Crippen LogP contribution >= 0.6 is 0 Å². The van der Waals surface area contributed by atoms with Gasteiger partial charge in [0.05, 0.1) is 18.8 Å². The van der Waals surface area contributed by atoms with E-state index in [9.17, 15) is 22.7 Å². The first kappa shape index (κ1) is 14.2. The van der Waals surface area contributed by atoms with E-state index in [0.29, 0.717) is 0 Å². The standard InChI is InChI=1S/C12H13F4NO2/c13-9-4-2-1-3-7(9)11(17)6-19-10(8(11)5-18)12(14,15)16/h1-4,8,10,18H,5-6,17H2/t8?,10-,11+/m1/s1. The van der Waals surface area contributed by atoms with Crippen molar-refractivity contribution < 1.29 is 27.4 Å². The van der Waals surface area contributed by atoms with Gasteiger partial charge in [-0.3, -0.25) is 0 Å². The molecular formula is C12H13F4NO2. The fourth-order valence-electron chi connectivity index (χ4n) is 2.42. The third-order valence-electron chi connectivity index (χ3n) is 3.42. The average Bonchev–Trinajstić information content (AvgIpc) is 2.67. The van der Waals surface area contributed by atoms with Crippen LogP contribution in [0.4, 0.5) is 17.6 Å². The average molecular weight is 279 g/mol. The quantitative estimate of drug-likeness (QED) is 0.808. The van der Waals surface area contributed by atoms with E-state index < -0.39 is 42.8 Å². The summed E-state index contributed by atoms with van der Waals surface area (Å²) < 4.78 is 56.7. The van der Waals surface area contributed by atoms with Gasteiger partial charge in [0.25, 0.3) is 0 Å². The zero-order chi connectivity index (χ0) is 14.3. The molecule has 1 fully saturated rings. The molecule has 0 radical (unpaired) electrons. The first-order valence-electron chi connectivity index (χ1n) is 5.64. The summed E-state index contributed by atoms with van der Waals surface area (Å²) in [6, 6.07) is 5.30. The van der Waals surface area contributed by atoms with E-state index in [0.717, 1.165) is 6.07 Å². The second kappa shape index (κ2) is 4.73. The number of hydrogen-bond donors (Lipinski definition) is 2. The smallest absolute Gasteiger partial charge is 0.396 e. The van der Waals surface area contributed by atoms with Crippen molar-refractivity contribution in [3.8, 4) is 0 Å². The molecule has 1 unspecified atom stereocenters. The zero-order valence-corrected chi connectivity index (χ0v) is 9.82. The van der Waals surface area contributed by atoms with Gasteiger partial charge in [0.1, 0.15) is 5.82 Å². The highest BCUT2D eigenvalue weighted by Gasteiger charge is 2.58. The van der Waals surface area contributed by atoms with E-state index in [1.165, 1.54) is 18.2 Å². The van der Waals surface area contributed by atoms with Gasteiger partial charge in [-0.05, 0) is 6.07 Å². The molecule has 0 saturated carbocycles. The Labute approximate surface area is 107 Å². The first-order valence-corrected chi connectivity index (χ1v) is 5.64. The predicted molar refractivity (Wildman–Crippen MR) is 58.6 cm³/mol. The highest BCUT2D eigenvalue weighted by Crippen LogP contribution is 2.44. The number of nitrogens with two attached hydrogens (primary N) is 1. The summed E-state index contributed by atoms with van der Waals surface area (Å²) >= 11 is 0. The third kappa shape index (κ3) is 2.33. The van der Waals surface area contributed by atoms with Crippen LogP contribution in [0, 0.1) is 11.7 Å². The molecule has 19 heavy (non-hydrogen) atoms. The van der Waals surface area contributed by atoms with Gasteiger partial charge < -0.3 is 15.6 Å². The molecule has 3 atom stereocenters. The monoisotopic (exact) mass is 279 g/mol. The molecule has 7 heteroatoms. The molecular weight excluding hydrogens is 266 g/mol. The Morgan fingerprint density at radius 1 is 1.37 bits per heavy atom. The van der Waals surface area contributed by atoms with Crippen LogP contribution < -0.4 is 5.73 Å². The van der Waals surface area contributed by atoms with Gasteiger partial charge in [0, 0.05) is 11.5 Å². The summed E-state index contributed by atoms with van der Waals surface area (Å²) in [4.78, 5) is 0. The van der Waals surface area contributed by atoms with Crippen LogP contribution in [0.5, 0.6) is 0 Å². The Kier molecular flexibility index (Phi) is 3.55. The van der Waals surface area contributed by atoms with Crippen molar-refractivity contribution >= 4 is 0 Å². The maximum Gasteiger partial charge on any atom is 0.415 e. The first-order chi connectivity index (χ1) is 8.80. The lowest BCUT2D eigenvalue weighted by atomic mass is 9.78. The number of benzene rings is 1. The topological polar surface area (TPSA) is 55.5 Å². The number of alkyl halides is 3. The summed E-state index contributed by atoms with van der Waals surface area (Å²) in [5.74, 6) is -2.15. The summed E-state index contributed by atoms with van der Waals surface area (Å²) in [5, 5.41) is 9.21. The minimum Gasteiger partial charge on any atom is -0.396 e. The molecule has 0 bridgehead atoms. The maximum absolute atomic E-state index is 13.7. The number of aliphatic hydroxyl groups excluding tert-OH is 1.